The first-order valence-electron chi connectivity index (χ1n) is 10.2. The van der Waals surface area contributed by atoms with Gasteiger partial charge in [-0.25, -0.2) is 13.4 Å². The number of aromatic nitrogens is 1. The fraction of sp³-hybridized carbons (Fsp3) is 0.381. The summed E-state index contributed by atoms with van der Waals surface area (Å²) in [6.07, 6.45) is 3.22. The number of likely N-dealkylation sites (tertiary alicyclic amines) is 1. The molecule has 1 aromatic carbocycles. The maximum atomic E-state index is 12.8. The molecule has 0 spiro atoms. The molecule has 8 nitrogen and oxygen atoms in total. The van der Waals surface area contributed by atoms with Gasteiger partial charge in [-0.1, -0.05) is 11.6 Å². The Morgan fingerprint density at radius 2 is 1.74 bits per heavy atom. The highest BCUT2D eigenvalue weighted by molar-refractivity contribution is 7.93. The zero-order valence-corrected chi connectivity index (χ0v) is 18.4. The molecule has 0 bridgehead atoms. The summed E-state index contributed by atoms with van der Waals surface area (Å²) < 4.78 is 25.5. The predicted octanol–water partition coefficient (Wildman–Crippen LogP) is 2.77. The molecule has 2 saturated heterocycles. The van der Waals surface area contributed by atoms with Crippen LogP contribution in [0.1, 0.15) is 29.6 Å². The first-order valence-corrected chi connectivity index (χ1v) is 12.1. The van der Waals surface area contributed by atoms with Crippen LogP contribution < -0.4 is 9.62 Å². The monoisotopic (exact) mass is 462 g/mol. The normalized spacial score (nSPS) is 18.7. The Labute approximate surface area is 186 Å². The average molecular weight is 463 g/mol. The molecule has 2 aliphatic heterocycles. The molecule has 0 aliphatic carbocycles. The maximum Gasteiger partial charge on any atom is 0.253 e. The molecule has 164 valence electrons. The van der Waals surface area contributed by atoms with Crippen molar-refractivity contribution in [2.45, 2.75) is 19.3 Å². The van der Waals surface area contributed by atoms with Crippen LogP contribution in [0.3, 0.4) is 0 Å². The van der Waals surface area contributed by atoms with Crippen LogP contribution in [0.15, 0.2) is 42.6 Å². The molecular formula is C21H23ClN4O4S. The first-order chi connectivity index (χ1) is 14.8. The number of hydrogen-bond acceptors (Lipinski definition) is 5. The number of anilines is 2. The van der Waals surface area contributed by atoms with E-state index < -0.39 is 10.0 Å². The van der Waals surface area contributed by atoms with E-state index in [-0.39, 0.29) is 23.5 Å². The zero-order valence-electron chi connectivity index (χ0n) is 16.8. The Morgan fingerprint density at radius 3 is 2.32 bits per heavy atom. The van der Waals surface area contributed by atoms with Crippen molar-refractivity contribution in [3.8, 4) is 0 Å². The molecule has 0 saturated carbocycles. The Balaban J connectivity index is 1.32. The van der Waals surface area contributed by atoms with E-state index >= 15 is 0 Å². The highest BCUT2D eigenvalue weighted by Crippen LogP contribution is 2.25. The fourth-order valence-corrected chi connectivity index (χ4v) is 5.58. The summed E-state index contributed by atoms with van der Waals surface area (Å²) >= 11 is 5.81. The van der Waals surface area contributed by atoms with E-state index in [1.54, 1.807) is 41.3 Å². The molecule has 0 atom stereocenters. The molecular weight excluding hydrogens is 440 g/mol. The van der Waals surface area contributed by atoms with Gasteiger partial charge in [0.05, 0.1) is 16.5 Å². The lowest BCUT2D eigenvalue weighted by Gasteiger charge is -2.31. The summed E-state index contributed by atoms with van der Waals surface area (Å²) in [6, 6.07) is 9.99. The van der Waals surface area contributed by atoms with Gasteiger partial charge in [0.2, 0.25) is 15.9 Å². The third-order valence-electron chi connectivity index (χ3n) is 5.63. The summed E-state index contributed by atoms with van der Waals surface area (Å²) in [5, 5.41) is 3.29. The number of amides is 2. The summed E-state index contributed by atoms with van der Waals surface area (Å²) in [7, 11) is -3.24. The van der Waals surface area contributed by atoms with Gasteiger partial charge in [-0.15, -0.1) is 0 Å². The Kier molecular flexibility index (Phi) is 6.15. The number of nitrogens with one attached hydrogen (secondary N) is 1. The van der Waals surface area contributed by atoms with Crippen molar-refractivity contribution < 1.29 is 18.0 Å². The van der Waals surface area contributed by atoms with Crippen molar-refractivity contribution >= 4 is 44.9 Å². The van der Waals surface area contributed by atoms with E-state index in [1.807, 2.05) is 0 Å². The number of halogens is 1. The number of benzene rings is 1. The third-order valence-corrected chi connectivity index (χ3v) is 7.73. The van der Waals surface area contributed by atoms with Gasteiger partial charge in [-0.2, -0.15) is 0 Å². The lowest BCUT2D eigenvalue weighted by molar-refractivity contribution is -0.121. The van der Waals surface area contributed by atoms with Gasteiger partial charge in [0.25, 0.3) is 5.91 Å². The number of rotatable bonds is 4. The molecule has 31 heavy (non-hydrogen) atoms. The van der Waals surface area contributed by atoms with Crippen LogP contribution in [0.2, 0.25) is 5.02 Å². The highest BCUT2D eigenvalue weighted by Gasteiger charge is 2.30. The topological polar surface area (TPSA) is 99.7 Å². The minimum atomic E-state index is -3.24. The van der Waals surface area contributed by atoms with Crippen LogP contribution in [0.4, 0.5) is 11.5 Å². The van der Waals surface area contributed by atoms with E-state index in [0.29, 0.717) is 61.0 Å². The molecule has 4 rings (SSSR count). The molecule has 10 heteroatoms. The van der Waals surface area contributed by atoms with Crippen molar-refractivity contribution in [2.75, 3.05) is 35.0 Å². The Bertz CT molecular complexity index is 1070. The zero-order chi connectivity index (χ0) is 22.0. The molecule has 2 aliphatic rings. The van der Waals surface area contributed by atoms with Gasteiger partial charge in [-0.05, 0) is 55.7 Å². The number of piperidine rings is 1. The summed E-state index contributed by atoms with van der Waals surface area (Å²) in [5.41, 5.74) is 1.09. The number of pyridine rings is 1. The van der Waals surface area contributed by atoms with Crippen LogP contribution in [0.25, 0.3) is 0 Å². The van der Waals surface area contributed by atoms with Crippen LogP contribution in [-0.4, -0.2) is 55.5 Å². The van der Waals surface area contributed by atoms with Crippen molar-refractivity contribution in [3.05, 3.63) is 53.2 Å². The lowest BCUT2D eigenvalue weighted by atomic mass is 9.95. The van der Waals surface area contributed by atoms with Gasteiger partial charge in [0.15, 0.2) is 0 Å². The van der Waals surface area contributed by atoms with E-state index in [0.717, 1.165) is 0 Å². The number of carbonyl (C=O) groups is 2. The standard InChI is InChI=1S/C21H23ClN4O4S/c22-17-4-7-19(23-14-17)24-20(27)15-8-11-25(12-9-15)21(28)16-2-5-18(6-3-16)26-10-1-13-31(26,29)30/h2-7,14-15H,1,8-13H2,(H,23,24,27). The molecule has 1 aromatic heterocycles. The first kappa shape index (κ1) is 21.6. The van der Waals surface area contributed by atoms with Crippen LogP contribution >= 0.6 is 11.6 Å². The van der Waals surface area contributed by atoms with Crippen molar-refractivity contribution in [3.63, 3.8) is 0 Å². The van der Waals surface area contributed by atoms with Gasteiger partial charge in [-0.3, -0.25) is 13.9 Å². The van der Waals surface area contributed by atoms with Gasteiger partial charge in [0, 0.05) is 37.3 Å². The van der Waals surface area contributed by atoms with Crippen molar-refractivity contribution in [1.29, 1.82) is 0 Å². The second-order valence-corrected chi connectivity index (χ2v) is 10.2. The molecule has 2 aromatic rings. The summed E-state index contributed by atoms with van der Waals surface area (Å²) in [6.45, 7) is 1.43. The second kappa shape index (κ2) is 8.84. The van der Waals surface area contributed by atoms with Crippen LogP contribution in [0, 0.1) is 5.92 Å². The maximum absolute atomic E-state index is 12.8. The fourth-order valence-electron chi connectivity index (χ4n) is 3.91. The molecule has 1 N–H and O–H groups in total. The quantitative estimate of drug-likeness (QED) is 0.753. The molecule has 0 unspecified atom stereocenters. The van der Waals surface area contributed by atoms with E-state index in [1.165, 1.54) is 10.5 Å². The smallest absolute Gasteiger partial charge is 0.253 e. The van der Waals surface area contributed by atoms with Gasteiger partial charge in [0.1, 0.15) is 5.82 Å². The summed E-state index contributed by atoms with van der Waals surface area (Å²) in [4.78, 5) is 31.1. The second-order valence-electron chi connectivity index (χ2n) is 7.71. The number of sulfonamides is 1. The van der Waals surface area contributed by atoms with Crippen LogP contribution in [0.5, 0.6) is 0 Å². The minimum absolute atomic E-state index is 0.113. The van der Waals surface area contributed by atoms with E-state index in [9.17, 15) is 18.0 Å². The predicted molar refractivity (Wildman–Crippen MR) is 119 cm³/mol. The number of nitrogens with zero attached hydrogens (tertiary/aromatic N) is 3. The largest absolute Gasteiger partial charge is 0.339 e. The van der Waals surface area contributed by atoms with Crippen LogP contribution in [-0.2, 0) is 14.8 Å². The average Bonchev–Trinajstić information content (AvgIpc) is 3.14. The SMILES string of the molecule is O=C(Nc1ccc(Cl)cn1)C1CCN(C(=O)c2ccc(N3CCCS3(=O)=O)cc2)CC1. The minimum Gasteiger partial charge on any atom is -0.339 e. The number of hydrogen-bond donors (Lipinski definition) is 1. The van der Waals surface area contributed by atoms with E-state index in [4.69, 9.17) is 11.6 Å². The van der Waals surface area contributed by atoms with Crippen molar-refractivity contribution in [2.24, 2.45) is 5.92 Å². The molecule has 2 fully saturated rings. The van der Waals surface area contributed by atoms with E-state index in [2.05, 4.69) is 10.3 Å². The third kappa shape index (κ3) is 4.83. The lowest BCUT2D eigenvalue weighted by Crippen LogP contribution is -2.41. The van der Waals surface area contributed by atoms with Gasteiger partial charge >= 0.3 is 0 Å². The Morgan fingerprint density at radius 1 is 1.03 bits per heavy atom. The molecule has 0 radical (unpaired) electrons. The molecule has 2 amide bonds. The summed E-state index contributed by atoms with van der Waals surface area (Å²) in [5.74, 6) is 0.189. The number of carbonyl (C=O) groups excluding carboxylic acids is 2. The Hall–Kier alpha value is -2.65. The molecule has 3 heterocycles. The van der Waals surface area contributed by atoms with Crippen molar-refractivity contribution in [1.82, 2.24) is 9.88 Å². The highest BCUT2D eigenvalue weighted by atomic mass is 35.5. The van der Waals surface area contributed by atoms with Gasteiger partial charge < -0.3 is 10.2 Å².